The molecule has 1 aromatic carbocycles. The molecule has 0 radical (unpaired) electrons. The largest absolute Gasteiger partial charge is 0.371 e. The van der Waals surface area contributed by atoms with Crippen molar-refractivity contribution in [3.05, 3.63) is 35.4 Å². The second kappa shape index (κ2) is 4.77. The Bertz CT molecular complexity index is 364. The summed E-state index contributed by atoms with van der Waals surface area (Å²) in [6.07, 6.45) is 0.238. The Morgan fingerprint density at radius 2 is 1.88 bits per heavy atom. The van der Waals surface area contributed by atoms with Crippen molar-refractivity contribution in [1.82, 2.24) is 10.2 Å². The molecule has 2 fully saturated rings. The summed E-state index contributed by atoms with van der Waals surface area (Å²) in [5.41, 5.74) is 2.77. The van der Waals surface area contributed by atoms with Crippen molar-refractivity contribution in [3.63, 3.8) is 0 Å². The first-order chi connectivity index (χ1) is 8.33. The fourth-order valence-electron chi connectivity index (χ4n) is 2.67. The molecule has 92 valence electrons. The van der Waals surface area contributed by atoms with Gasteiger partial charge in [0.2, 0.25) is 0 Å². The highest BCUT2D eigenvalue weighted by atomic mass is 16.5. The minimum Gasteiger partial charge on any atom is -0.371 e. The molecule has 0 bridgehead atoms. The van der Waals surface area contributed by atoms with E-state index in [1.807, 2.05) is 0 Å². The molecule has 2 saturated heterocycles. The van der Waals surface area contributed by atoms with Crippen LogP contribution in [-0.4, -0.2) is 44.7 Å². The zero-order valence-electron chi connectivity index (χ0n) is 10.4. The third-order valence-electron chi connectivity index (χ3n) is 3.77. The highest BCUT2D eigenvalue weighted by molar-refractivity contribution is 5.29. The number of hydrogen-bond donors (Lipinski definition) is 1. The van der Waals surface area contributed by atoms with E-state index in [9.17, 15) is 0 Å². The number of nitrogens with zero attached hydrogens (tertiary/aromatic N) is 1. The van der Waals surface area contributed by atoms with Gasteiger partial charge < -0.3 is 15.0 Å². The highest BCUT2D eigenvalue weighted by Gasteiger charge is 2.24. The van der Waals surface area contributed by atoms with Crippen LogP contribution in [0.1, 0.15) is 23.1 Å². The maximum atomic E-state index is 5.75. The molecule has 1 aromatic rings. The molecule has 2 heterocycles. The minimum atomic E-state index is 0.238. The van der Waals surface area contributed by atoms with E-state index < -0.39 is 0 Å². The van der Waals surface area contributed by atoms with Gasteiger partial charge in [-0.1, -0.05) is 24.3 Å². The average molecular weight is 232 g/mol. The second-order valence-corrected chi connectivity index (χ2v) is 5.15. The Morgan fingerprint density at radius 3 is 2.47 bits per heavy atom. The molecule has 0 amide bonds. The first-order valence-corrected chi connectivity index (χ1v) is 6.43. The smallest absolute Gasteiger partial charge is 0.0949 e. The van der Waals surface area contributed by atoms with Crippen LogP contribution in [-0.2, 0) is 4.74 Å². The number of benzene rings is 1. The molecule has 3 heteroatoms. The van der Waals surface area contributed by atoms with Gasteiger partial charge in [-0.3, -0.25) is 0 Å². The fourth-order valence-corrected chi connectivity index (χ4v) is 2.67. The Labute approximate surface area is 103 Å². The lowest BCUT2D eigenvalue weighted by Gasteiger charge is -2.36. The first kappa shape index (κ1) is 11.2. The Hall–Kier alpha value is -0.900. The molecule has 1 atom stereocenters. The van der Waals surface area contributed by atoms with Gasteiger partial charge in [0.1, 0.15) is 0 Å². The Kier molecular flexibility index (Phi) is 3.14. The normalized spacial score (nSPS) is 26.8. The lowest BCUT2D eigenvalue weighted by molar-refractivity contribution is 0.0277. The van der Waals surface area contributed by atoms with E-state index in [-0.39, 0.29) is 6.10 Å². The van der Waals surface area contributed by atoms with Crippen molar-refractivity contribution in [1.29, 1.82) is 0 Å². The van der Waals surface area contributed by atoms with Crippen molar-refractivity contribution >= 4 is 0 Å². The van der Waals surface area contributed by atoms with Crippen LogP contribution < -0.4 is 5.32 Å². The van der Waals surface area contributed by atoms with Crippen molar-refractivity contribution in [2.24, 2.45) is 0 Å². The van der Waals surface area contributed by atoms with E-state index in [0.717, 1.165) is 25.6 Å². The molecule has 3 rings (SSSR count). The van der Waals surface area contributed by atoms with Crippen molar-refractivity contribution < 1.29 is 4.74 Å². The molecular weight excluding hydrogens is 212 g/mol. The lowest BCUT2D eigenvalue weighted by Crippen LogP contribution is -2.41. The van der Waals surface area contributed by atoms with E-state index in [1.165, 1.54) is 24.2 Å². The summed E-state index contributed by atoms with van der Waals surface area (Å²) in [6.45, 7) is 5.12. The molecule has 17 heavy (non-hydrogen) atoms. The summed E-state index contributed by atoms with van der Waals surface area (Å²) in [5.74, 6) is 0.736. The molecule has 2 aliphatic rings. The second-order valence-electron chi connectivity index (χ2n) is 5.15. The molecular formula is C14H20N2O. The van der Waals surface area contributed by atoms with Gasteiger partial charge in [-0.15, -0.1) is 0 Å². The zero-order valence-corrected chi connectivity index (χ0v) is 10.4. The van der Waals surface area contributed by atoms with Crippen LogP contribution in [0.25, 0.3) is 0 Å². The van der Waals surface area contributed by atoms with Gasteiger partial charge in [0.15, 0.2) is 0 Å². The number of morpholine rings is 1. The predicted octanol–water partition coefficient (Wildman–Crippen LogP) is 1.38. The van der Waals surface area contributed by atoms with Crippen LogP contribution >= 0.6 is 0 Å². The van der Waals surface area contributed by atoms with Crippen molar-refractivity contribution in [2.75, 3.05) is 39.8 Å². The van der Waals surface area contributed by atoms with E-state index in [4.69, 9.17) is 4.74 Å². The van der Waals surface area contributed by atoms with Crippen LogP contribution in [0.3, 0.4) is 0 Å². The number of rotatable bonds is 2. The summed E-state index contributed by atoms with van der Waals surface area (Å²) in [5, 5.41) is 3.37. The molecule has 3 nitrogen and oxygen atoms in total. The summed E-state index contributed by atoms with van der Waals surface area (Å²) >= 11 is 0. The number of nitrogens with one attached hydrogen (secondary N) is 1. The predicted molar refractivity (Wildman–Crippen MR) is 68.2 cm³/mol. The van der Waals surface area contributed by atoms with Gasteiger partial charge in [-0.05, 0) is 18.2 Å². The molecule has 0 spiro atoms. The Morgan fingerprint density at radius 1 is 1.18 bits per heavy atom. The van der Waals surface area contributed by atoms with Gasteiger partial charge in [0.05, 0.1) is 12.7 Å². The SMILES string of the molecule is CN1CC(c2ccc(C3CNCCO3)cc2)C1. The van der Waals surface area contributed by atoms with Crippen LogP contribution in [0.4, 0.5) is 0 Å². The maximum absolute atomic E-state index is 5.75. The quantitative estimate of drug-likeness (QED) is 0.833. The number of likely N-dealkylation sites (N-methyl/N-ethyl adjacent to an activating group) is 1. The third kappa shape index (κ3) is 2.37. The van der Waals surface area contributed by atoms with Gasteiger partial charge in [-0.2, -0.15) is 0 Å². The molecule has 1 unspecified atom stereocenters. The number of ether oxygens (including phenoxy) is 1. The molecule has 0 aliphatic carbocycles. The van der Waals surface area contributed by atoms with Crippen LogP contribution in [0, 0.1) is 0 Å². The minimum absolute atomic E-state index is 0.238. The van der Waals surface area contributed by atoms with Crippen molar-refractivity contribution in [2.45, 2.75) is 12.0 Å². The topological polar surface area (TPSA) is 24.5 Å². The molecule has 1 N–H and O–H groups in total. The standard InChI is InChI=1S/C14H20N2O/c1-16-9-13(10-16)11-2-4-12(5-3-11)14-8-15-6-7-17-14/h2-5,13-15H,6-10H2,1H3. The summed E-state index contributed by atoms with van der Waals surface area (Å²) in [7, 11) is 2.17. The zero-order chi connectivity index (χ0) is 11.7. The number of likely N-dealkylation sites (tertiary alicyclic amines) is 1. The maximum Gasteiger partial charge on any atom is 0.0949 e. The average Bonchev–Trinajstić information content (AvgIpc) is 2.36. The summed E-state index contributed by atoms with van der Waals surface area (Å²) in [4.78, 5) is 2.35. The van der Waals surface area contributed by atoms with E-state index in [0.29, 0.717) is 0 Å². The summed E-state index contributed by atoms with van der Waals surface area (Å²) < 4.78 is 5.75. The van der Waals surface area contributed by atoms with E-state index in [2.05, 4.69) is 41.5 Å². The van der Waals surface area contributed by atoms with Crippen LogP contribution in [0.15, 0.2) is 24.3 Å². The number of hydrogen-bond acceptors (Lipinski definition) is 3. The molecule has 2 aliphatic heterocycles. The summed E-state index contributed by atoms with van der Waals surface area (Å²) in [6, 6.07) is 8.99. The van der Waals surface area contributed by atoms with Gasteiger partial charge >= 0.3 is 0 Å². The van der Waals surface area contributed by atoms with Crippen LogP contribution in [0.2, 0.25) is 0 Å². The lowest BCUT2D eigenvalue weighted by atomic mass is 9.91. The highest BCUT2D eigenvalue weighted by Crippen LogP contribution is 2.27. The first-order valence-electron chi connectivity index (χ1n) is 6.43. The third-order valence-corrected chi connectivity index (χ3v) is 3.77. The van der Waals surface area contributed by atoms with Crippen LogP contribution in [0.5, 0.6) is 0 Å². The van der Waals surface area contributed by atoms with E-state index in [1.54, 1.807) is 0 Å². The van der Waals surface area contributed by atoms with Gasteiger partial charge in [-0.25, -0.2) is 0 Å². The van der Waals surface area contributed by atoms with Gasteiger partial charge in [0, 0.05) is 32.1 Å². The van der Waals surface area contributed by atoms with Gasteiger partial charge in [0.25, 0.3) is 0 Å². The van der Waals surface area contributed by atoms with E-state index >= 15 is 0 Å². The molecule has 0 aromatic heterocycles. The fraction of sp³-hybridized carbons (Fsp3) is 0.571. The molecule has 0 saturated carbocycles. The van der Waals surface area contributed by atoms with Crippen molar-refractivity contribution in [3.8, 4) is 0 Å². The Balaban J connectivity index is 1.67. The monoisotopic (exact) mass is 232 g/mol.